The third-order valence-corrected chi connectivity index (χ3v) is 4.48. The molecule has 0 bridgehead atoms. The highest BCUT2D eigenvalue weighted by Gasteiger charge is 2.27. The second kappa shape index (κ2) is 6.58. The number of nitrogens with one attached hydrogen (secondary N) is 2. The fourth-order valence-electron chi connectivity index (χ4n) is 3.06. The largest absolute Gasteiger partial charge is 0.394 e. The molecule has 118 valence electrons. The minimum Gasteiger partial charge on any atom is -0.394 e. The van der Waals surface area contributed by atoms with E-state index >= 15 is 0 Å². The Morgan fingerprint density at radius 1 is 1.50 bits per heavy atom. The molecule has 2 heterocycles. The van der Waals surface area contributed by atoms with Gasteiger partial charge in [-0.15, -0.1) is 0 Å². The molecular weight excluding hydrogens is 302 g/mol. The Hall–Kier alpha value is -1.72. The van der Waals surface area contributed by atoms with Gasteiger partial charge in [-0.25, -0.2) is 4.79 Å². The van der Waals surface area contributed by atoms with Gasteiger partial charge in [0.25, 0.3) is 0 Å². The Labute approximate surface area is 134 Å². The molecule has 1 aromatic carbocycles. The normalized spacial score (nSPS) is 18.1. The highest BCUT2D eigenvalue weighted by atomic mass is 35.5. The van der Waals surface area contributed by atoms with Crippen molar-refractivity contribution in [2.75, 3.05) is 19.7 Å². The quantitative estimate of drug-likeness (QED) is 0.810. The summed E-state index contributed by atoms with van der Waals surface area (Å²) in [6, 6.07) is 5.62. The number of aliphatic hydroxyl groups excluding tert-OH is 1. The third-order valence-electron chi connectivity index (χ3n) is 4.25. The molecule has 1 fully saturated rings. The van der Waals surface area contributed by atoms with Crippen LogP contribution in [0.3, 0.4) is 0 Å². The average Bonchev–Trinajstić information content (AvgIpc) is 3.13. The van der Waals surface area contributed by atoms with Gasteiger partial charge in [0, 0.05) is 35.2 Å². The molecular formula is C16H20ClN3O2. The lowest BCUT2D eigenvalue weighted by Crippen LogP contribution is -2.44. The van der Waals surface area contributed by atoms with Gasteiger partial charge >= 0.3 is 6.03 Å². The molecule has 0 spiro atoms. The van der Waals surface area contributed by atoms with Crippen molar-refractivity contribution in [2.45, 2.75) is 25.3 Å². The number of hydrogen-bond acceptors (Lipinski definition) is 2. The van der Waals surface area contributed by atoms with E-state index in [1.165, 1.54) is 0 Å². The van der Waals surface area contributed by atoms with Crippen LogP contribution in [0.25, 0.3) is 10.9 Å². The maximum atomic E-state index is 12.1. The number of carbonyl (C=O) groups is 1. The molecule has 1 aliphatic rings. The molecule has 3 rings (SSSR count). The van der Waals surface area contributed by atoms with E-state index in [2.05, 4.69) is 10.3 Å². The van der Waals surface area contributed by atoms with Crippen LogP contribution in [0.4, 0.5) is 4.79 Å². The summed E-state index contributed by atoms with van der Waals surface area (Å²) in [7, 11) is 0. The van der Waals surface area contributed by atoms with Gasteiger partial charge in [0.15, 0.2) is 0 Å². The number of H-pyrrole nitrogens is 1. The van der Waals surface area contributed by atoms with Crippen LogP contribution in [0.5, 0.6) is 0 Å². The number of amides is 2. The zero-order valence-electron chi connectivity index (χ0n) is 12.3. The van der Waals surface area contributed by atoms with E-state index in [9.17, 15) is 9.90 Å². The van der Waals surface area contributed by atoms with Gasteiger partial charge in [-0.2, -0.15) is 0 Å². The molecule has 3 N–H and O–H groups in total. The molecule has 0 unspecified atom stereocenters. The second-order valence-corrected chi connectivity index (χ2v) is 6.09. The van der Waals surface area contributed by atoms with E-state index in [0.29, 0.717) is 11.6 Å². The maximum Gasteiger partial charge on any atom is 0.317 e. The Kier molecular flexibility index (Phi) is 4.55. The van der Waals surface area contributed by atoms with Gasteiger partial charge in [0.1, 0.15) is 0 Å². The molecule has 0 saturated carbocycles. The summed E-state index contributed by atoms with van der Waals surface area (Å²) in [6.45, 7) is 1.32. The average molecular weight is 322 g/mol. The fraction of sp³-hybridized carbons (Fsp3) is 0.438. The SMILES string of the molecule is O=C(NCCc1c[nH]c2ccc(Cl)cc12)N1CCC[C@@H]1CO. The molecule has 0 radical (unpaired) electrons. The highest BCUT2D eigenvalue weighted by Crippen LogP contribution is 2.22. The Bertz CT molecular complexity index is 670. The summed E-state index contributed by atoms with van der Waals surface area (Å²) in [4.78, 5) is 17.1. The number of halogens is 1. The number of aromatic amines is 1. The van der Waals surface area contributed by atoms with Crippen LogP contribution in [-0.2, 0) is 6.42 Å². The van der Waals surface area contributed by atoms with Gasteiger partial charge in [0.2, 0.25) is 0 Å². The van der Waals surface area contributed by atoms with E-state index in [4.69, 9.17) is 11.6 Å². The van der Waals surface area contributed by atoms with Crippen LogP contribution in [0.2, 0.25) is 5.02 Å². The van der Waals surface area contributed by atoms with E-state index in [1.807, 2.05) is 24.4 Å². The number of hydrogen-bond donors (Lipinski definition) is 3. The lowest BCUT2D eigenvalue weighted by atomic mass is 10.1. The lowest BCUT2D eigenvalue weighted by Gasteiger charge is -2.23. The smallest absolute Gasteiger partial charge is 0.317 e. The number of carbonyl (C=O) groups excluding carboxylic acids is 1. The number of nitrogens with zero attached hydrogens (tertiary/aromatic N) is 1. The molecule has 22 heavy (non-hydrogen) atoms. The van der Waals surface area contributed by atoms with Gasteiger partial charge in [-0.05, 0) is 43.0 Å². The lowest BCUT2D eigenvalue weighted by molar-refractivity contribution is 0.157. The molecule has 1 atom stereocenters. The summed E-state index contributed by atoms with van der Waals surface area (Å²) in [5.41, 5.74) is 2.18. The van der Waals surface area contributed by atoms with Crippen LogP contribution in [0, 0.1) is 0 Å². The molecule has 6 heteroatoms. The molecule has 5 nitrogen and oxygen atoms in total. The van der Waals surface area contributed by atoms with Crippen LogP contribution < -0.4 is 5.32 Å². The van der Waals surface area contributed by atoms with Gasteiger partial charge in [0.05, 0.1) is 12.6 Å². The van der Waals surface area contributed by atoms with E-state index < -0.39 is 0 Å². The van der Waals surface area contributed by atoms with Crippen molar-refractivity contribution in [3.63, 3.8) is 0 Å². The van der Waals surface area contributed by atoms with Crippen molar-refractivity contribution < 1.29 is 9.90 Å². The summed E-state index contributed by atoms with van der Waals surface area (Å²) in [6.07, 6.45) is 4.54. The van der Waals surface area contributed by atoms with Crippen molar-refractivity contribution >= 4 is 28.5 Å². The minimum atomic E-state index is -0.0885. The molecule has 2 aromatic rings. The number of urea groups is 1. The summed E-state index contributed by atoms with van der Waals surface area (Å²) >= 11 is 6.04. The topological polar surface area (TPSA) is 68.4 Å². The number of likely N-dealkylation sites (tertiary alicyclic amines) is 1. The predicted octanol–water partition coefficient (Wildman–Crippen LogP) is 2.53. The number of aliphatic hydroxyl groups is 1. The van der Waals surface area contributed by atoms with Gasteiger partial charge in [-0.1, -0.05) is 11.6 Å². The monoisotopic (exact) mass is 321 g/mol. The molecule has 2 amide bonds. The maximum absolute atomic E-state index is 12.1. The van der Waals surface area contributed by atoms with Crippen molar-refractivity contribution in [1.82, 2.24) is 15.2 Å². The second-order valence-electron chi connectivity index (χ2n) is 5.66. The highest BCUT2D eigenvalue weighted by molar-refractivity contribution is 6.31. The van der Waals surface area contributed by atoms with E-state index in [0.717, 1.165) is 42.3 Å². The number of rotatable bonds is 4. The first-order valence-electron chi connectivity index (χ1n) is 7.60. The minimum absolute atomic E-state index is 0.0353. The first-order chi connectivity index (χ1) is 10.7. The fourth-order valence-corrected chi connectivity index (χ4v) is 3.23. The first-order valence-corrected chi connectivity index (χ1v) is 7.97. The van der Waals surface area contributed by atoms with Crippen molar-refractivity contribution in [3.05, 3.63) is 35.0 Å². The number of fused-ring (bicyclic) bond motifs is 1. The molecule has 1 aliphatic heterocycles. The summed E-state index contributed by atoms with van der Waals surface area (Å²) in [5, 5.41) is 14.0. The zero-order chi connectivity index (χ0) is 15.5. The van der Waals surface area contributed by atoms with Crippen LogP contribution >= 0.6 is 11.6 Å². The standard InChI is InChI=1S/C16H20ClN3O2/c17-12-3-4-15-14(8-12)11(9-19-15)5-6-18-16(22)20-7-1-2-13(20)10-21/h3-4,8-9,13,19,21H,1-2,5-7,10H2,(H,18,22)/t13-/m1/s1. The van der Waals surface area contributed by atoms with Gasteiger partial charge < -0.3 is 20.3 Å². The van der Waals surface area contributed by atoms with Crippen molar-refractivity contribution in [1.29, 1.82) is 0 Å². The molecule has 1 saturated heterocycles. The summed E-state index contributed by atoms with van der Waals surface area (Å²) < 4.78 is 0. The van der Waals surface area contributed by atoms with Crippen LogP contribution in [0.1, 0.15) is 18.4 Å². The van der Waals surface area contributed by atoms with Crippen LogP contribution in [0.15, 0.2) is 24.4 Å². The zero-order valence-corrected chi connectivity index (χ0v) is 13.1. The number of benzene rings is 1. The Morgan fingerprint density at radius 2 is 2.36 bits per heavy atom. The Balaban J connectivity index is 1.58. The Morgan fingerprint density at radius 3 is 3.18 bits per heavy atom. The van der Waals surface area contributed by atoms with Crippen LogP contribution in [-0.4, -0.2) is 46.8 Å². The van der Waals surface area contributed by atoms with Crippen molar-refractivity contribution in [3.8, 4) is 0 Å². The number of aromatic nitrogens is 1. The molecule has 1 aromatic heterocycles. The third kappa shape index (κ3) is 3.05. The van der Waals surface area contributed by atoms with Crippen molar-refractivity contribution in [2.24, 2.45) is 0 Å². The van der Waals surface area contributed by atoms with E-state index in [1.54, 1.807) is 4.90 Å². The van der Waals surface area contributed by atoms with E-state index in [-0.39, 0.29) is 18.7 Å². The predicted molar refractivity (Wildman–Crippen MR) is 87.2 cm³/mol. The van der Waals surface area contributed by atoms with Gasteiger partial charge in [-0.3, -0.25) is 0 Å². The summed E-state index contributed by atoms with van der Waals surface area (Å²) in [5.74, 6) is 0. The molecule has 0 aliphatic carbocycles. The first kappa shape index (κ1) is 15.2.